The number of oxazole rings is 1. The Morgan fingerprint density at radius 2 is 2.54 bits per heavy atom. The van der Waals surface area contributed by atoms with Gasteiger partial charge in [-0.15, -0.1) is 0 Å². The molecule has 1 aromatic heterocycles. The number of aldehydes is 1. The molecule has 1 saturated heterocycles. The highest BCUT2D eigenvalue weighted by atomic mass is 32.2. The molecule has 1 atom stereocenters. The molecule has 70 valence electrons. The fourth-order valence-corrected chi connectivity index (χ4v) is 2.65. The second kappa shape index (κ2) is 3.54. The van der Waals surface area contributed by atoms with Crippen LogP contribution in [0, 0.1) is 6.92 Å². The smallest absolute Gasteiger partial charge is 0.199 e. The summed E-state index contributed by atoms with van der Waals surface area (Å²) in [4.78, 5) is 14.8. The van der Waals surface area contributed by atoms with E-state index in [0.717, 1.165) is 24.4 Å². The average molecular weight is 197 g/mol. The zero-order valence-corrected chi connectivity index (χ0v) is 8.26. The third kappa shape index (κ3) is 1.63. The molecule has 0 spiro atoms. The second-order valence-electron chi connectivity index (χ2n) is 3.18. The standard InChI is InChI=1S/C9H11NO2S/c1-6-8(4-11)12-9(10-6)7-2-3-13-5-7/h4,7H,2-3,5H2,1H3. The van der Waals surface area contributed by atoms with E-state index >= 15 is 0 Å². The van der Waals surface area contributed by atoms with Gasteiger partial charge in [0, 0.05) is 11.7 Å². The summed E-state index contributed by atoms with van der Waals surface area (Å²) < 4.78 is 5.36. The molecule has 13 heavy (non-hydrogen) atoms. The van der Waals surface area contributed by atoms with Crippen molar-refractivity contribution in [1.29, 1.82) is 0 Å². The molecular weight excluding hydrogens is 186 g/mol. The maximum atomic E-state index is 10.5. The lowest BCUT2D eigenvalue weighted by Gasteiger charge is -1.99. The largest absolute Gasteiger partial charge is 0.437 e. The number of carbonyl (C=O) groups excluding carboxylic acids is 1. The van der Waals surface area contributed by atoms with Crippen molar-refractivity contribution in [1.82, 2.24) is 4.98 Å². The van der Waals surface area contributed by atoms with Crippen molar-refractivity contribution in [2.24, 2.45) is 0 Å². The predicted octanol–water partition coefficient (Wildman–Crippen LogP) is 2.02. The van der Waals surface area contributed by atoms with Crippen LogP contribution in [0.1, 0.15) is 34.5 Å². The molecule has 0 N–H and O–H groups in total. The molecule has 3 nitrogen and oxygen atoms in total. The van der Waals surface area contributed by atoms with Crippen LogP contribution in [0.25, 0.3) is 0 Å². The number of rotatable bonds is 2. The molecule has 0 aromatic carbocycles. The average Bonchev–Trinajstić information content (AvgIpc) is 2.71. The summed E-state index contributed by atoms with van der Waals surface area (Å²) in [6.45, 7) is 1.80. The minimum atomic E-state index is 0.381. The predicted molar refractivity (Wildman–Crippen MR) is 51.3 cm³/mol. The molecule has 4 heteroatoms. The number of carbonyl (C=O) groups is 1. The van der Waals surface area contributed by atoms with Crippen LogP contribution in [-0.4, -0.2) is 22.8 Å². The molecule has 1 fully saturated rings. The van der Waals surface area contributed by atoms with E-state index in [2.05, 4.69) is 4.98 Å². The van der Waals surface area contributed by atoms with Gasteiger partial charge in [-0.25, -0.2) is 4.98 Å². The van der Waals surface area contributed by atoms with Gasteiger partial charge in [-0.1, -0.05) is 0 Å². The lowest BCUT2D eigenvalue weighted by Crippen LogP contribution is -1.95. The van der Waals surface area contributed by atoms with Gasteiger partial charge in [0.25, 0.3) is 0 Å². The van der Waals surface area contributed by atoms with Crippen LogP contribution in [0.4, 0.5) is 0 Å². The number of aryl methyl sites for hydroxylation is 1. The van der Waals surface area contributed by atoms with Crippen molar-refractivity contribution >= 4 is 18.0 Å². The minimum Gasteiger partial charge on any atom is -0.437 e. The van der Waals surface area contributed by atoms with Crippen LogP contribution >= 0.6 is 11.8 Å². The maximum Gasteiger partial charge on any atom is 0.199 e. The molecule has 0 bridgehead atoms. The Hall–Kier alpha value is -0.770. The molecular formula is C9H11NO2S. The van der Waals surface area contributed by atoms with Crippen LogP contribution < -0.4 is 0 Å². The highest BCUT2D eigenvalue weighted by Crippen LogP contribution is 2.32. The Bertz CT molecular complexity index is 315. The second-order valence-corrected chi connectivity index (χ2v) is 4.33. The number of nitrogens with zero attached hydrogens (tertiary/aromatic N) is 1. The number of thioether (sulfide) groups is 1. The Morgan fingerprint density at radius 1 is 1.69 bits per heavy atom. The topological polar surface area (TPSA) is 43.1 Å². The molecule has 0 saturated carbocycles. The molecule has 0 aliphatic carbocycles. The highest BCUT2D eigenvalue weighted by molar-refractivity contribution is 7.99. The van der Waals surface area contributed by atoms with Gasteiger partial charge in [0.2, 0.25) is 0 Å². The van der Waals surface area contributed by atoms with Crippen LogP contribution in [0.3, 0.4) is 0 Å². The normalized spacial score (nSPS) is 22.1. The van der Waals surface area contributed by atoms with Crippen molar-refractivity contribution < 1.29 is 9.21 Å². The summed E-state index contributed by atoms with van der Waals surface area (Å²) in [6.07, 6.45) is 1.84. The molecule has 1 unspecified atom stereocenters. The summed E-state index contributed by atoms with van der Waals surface area (Å²) >= 11 is 1.91. The zero-order valence-electron chi connectivity index (χ0n) is 7.45. The van der Waals surface area contributed by atoms with Gasteiger partial charge >= 0.3 is 0 Å². The van der Waals surface area contributed by atoms with Crippen molar-refractivity contribution in [3.05, 3.63) is 17.3 Å². The van der Waals surface area contributed by atoms with Gasteiger partial charge in [0.05, 0.1) is 5.69 Å². The third-order valence-electron chi connectivity index (χ3n) is 2.23. The summed E-state index contributed by atoms with van der Waals surface area (Å²) in [7, 11) is 0. The Balaban J connectivity index is 2.24. The van der Waals surface area contributed by atoms with E-state index in [4.69, 9.17) is 4.42 Å². The van der Waals surface area contributed by atoms with E-state index in [0.29, 0.717) is 17.4 Å². The first kappa shape index (κ1) is 8.81. The summed E-state index contributed by atoms with van der Waals surface area (Å²) in [5, 5.41) is 0. The SMILES string of the molecule is Cc1nc(C2CCSC2)oc1C=O. The summed E-state index contributed by atoms with van der Waals surface area (Å²) in [5.74, 6) is 3.77. The molecule has 2 heterocycles. The van der Waals surface area contributed by atoms with E-state index in [1.807, 2.05) is 11.8 Å². The number of aromatic nitrogens is 1. The summed E-state index contributed by atoms with van der Waals surface area (Å²) in [6, 6.07) is 0. The van der Waals surface area contributed by atoms with E-state index in [-0.39, 0.29) is 0 Å². The van der Waals surface area contributed by atoms with Gasteiger partial charge in [-0.2, -0.15) is 11.8 Å². The van der Waals surface area contributed by atoms with E-state index in [1.54, 1.807) is 6.92 Å². The highest BCUT2D eigenvalue weighted by Gasteiger charge is 2.23. The number of hydrogen-bond donors (Lipinski definition) is 0. The minimum absolute atomic E-state index is 0.381. The van der Waals surface area contributed by atoms with Gasteiger partial charge in [-0.05, 0) is 19.1 Å². The summed E-state index contributed by atoms with van der Waals surface area (Å²) in [5.41, 5.74) is 0.710. The van der Waals surface area contributed by atoms with E-state index in [9.17, 15) is 4.79 Å². The molecule has 1 aliphatic rings. The Labute approximate surface area is 80.9 Å². The quantitative estimate of drug-likeness (QED) is 0.680. The molecule has 1 aromatic rings. The first-order valence-corrected chi connectivity index (χ1v) is 5.47. The maximum absolute atomic E-state index is 10.5. The lowest BCUT2D eigenvalue weighted by molar-refractivity contribution is 0.109. The third-order valence-corrected chi connectivity index (χ3v) is 3.40. The van der Waals surface area contributed by atoms with E-state index < -0.39 is 0 Å². The molecule has 1 aliphatic heterocycles. The van der Waals surface area contributed by atoms with Gasteiger partial charge < -0.3 is 4.42 Å². The van der Waals surface area contributed by atoms with Crippen molar-refractivity contribution in [2.75, 3.05) is 11.5 Å². The molecule has 0 amide bonds. The van der Waals surface area contributed by atoms with Crippen LogP contribution in [0.2, 0.25) is 0 Å². The lowest BCUT2D eigenvalue weighted by atomic mass is 10.1. The fraction of sp³-hybridized carbons (Fsp3) is 0.556. The van der Waals surface area contributed by atoms with Crippen LogP contribution in [-0.2, 0) is 0 Å². The molecule has 0 radical (unpaired) electrons. The molecule has 2 rings (SSSR count). The first-order chi connectivity index (χ1) is 6.31. The monoisotopic (exact) mass is 197 g/mol. The van der Waals surface area contributed by atoms with Gasteiger partial charge in [0.1, 0.15) is 0 Å². The van der Waals surface area contributed by atoms with Crippen molar-refractivity contribution in [3.63, 3.8) is 0 Å². The van der Waals surface area contributed by atoms with Crippen LogP contribution in [0.15, 0.2) is 4.42 Å². The van der Waals surface area contributed by atoms with E-state index in [1.165, 1.54) is 5.75 Å². The fourth-order valence-electron chi connectivity index (χ4n) is 1.44. The van der Waals surface area contributed by atoms with Crippen molar-refractivity contribution in [2.45, 2.75) is 19.3 Å². The zero-order chi connectivity index (χ0) is 9.26. The first-order valence-electron chi connectivity index (χ1n) is 4.31. The number of hydrogen-bond acceptors (Lipinski definition) is 4. The van der Waals surface area contributed by atoms with Gasteiger partial charge in [0.15, 0.2) is 17.9 Å². The Kier molecular flexibility index (Phi) is 2.40. The van der Waals surface area contributed by atoms with Crippen LogP contribution in [0.5, 0.6) is 0 Å². The van der Waals surface area contributed by atoms with Crippen molar-refractivity contribution in [3.8, 4) is 0 Å². The Morgan fingerprint density at radius 3 is 3.08 bits per heavy atom. The van der Waals surface area contributed by atoms with Gasteiger partial charge in [-0.3, -0.25) is 4.79 Å².